The molecular weight excluding hydrogens is 348 g/mol. The lowest BCUT2D eigenvalue weighted by Gasteiger charge is -2.25. The molecule has 1 aliphatic carbocycles. The number of hydrogen-bond acceptors (Lipinski definition) is 3. The smallest absolute Gasteiger partial charge is 0.250 e. The third-order valence-corrected chi connectivity index (χ3v) is 5.48. The summed E-state index contributed by atoms with van der Waals surface area (Å²) in [6.45, 7) is 0. The van der Waals surface area contributed by atoms with Gasteiger partial charge in [0.2, 0.25) is 0 Å². The standard InChI is InChI=1S/C23H26N4O/c24-23(28)21-9-8-20(16-22(21)26-18-5-2-1-3-6-18)27-14-4-7-19(27)15-17-10-12-25-13-11-17/h4,7-14,16,18,26H,1-3,5-6,15H2,(H2,24,28). The number of pyridine rings is 1. The summed E-state index contributed by atoms with van der Waals surface area (Å²) in [7, 11) is 0. The number of amides is 1. The number of carbonyl (C=O) groups excluding carboxylic acids is 1. The van der Waals surface area contributed by atoms with Crippen molar-refractivity contribution in [1.82, 2.24) is 9.55 Å². The van der Waals surface area contributed by atoms with E-state index in [2.05, 4.69) is 27.1 Å². The number of benzene rings is 1. The predicted octanol–water partition coefficient (Wildman–Crippen LogP) is 4.31. The van der Waals surface area contributed by atoms with Gasteiger partial charge < -0.3 is 15.6 Å². The molecule has 0 unspecified atom stereocenters. The zero-order chi connectivity index (χ0) is 19.3. The van der Waals surface area contributed by atoms with Gasteiger partial charge in [0.1, 0.15) is 0 Å². The lowest BCUT2D eigenvalue weighted by atomic mass is 9.95. The highest BCUT2D eigenvalue weighted by atomic mass is 16.1. The first kappa shape index (κ1) is 18.3. The second-order valence-corrected chi connectivity index (χ2v) is 7.48. The van der Waals surface area contributed by atoms with Gasteiger partial charge in [-0.25, -0.2) is 0 Å². The van der Waals surface area contributed by atoms with Crippen LogP contribution in [0.15, 0.2) is 61.1 Å². The van der Waals surface area contributed by atoms with Crippen molar-refractivity contribution in [3.63, 3.8) is 0 Å². The van der Waals surface area contributed by atoms with Gasteiger partial charge in [-0.05, 0) is 60.9 Å². The van der Waals surface area contributed by atoms with E-state index in [0.29, 0.717) is 11.6 Å². The summed E-state index contributed by atoms with van der Waals surface area (Å²) in [6.07, 6.45) is 12.5. The van der Waals surface area contributed by atoms with Gasteiger partial charge in [0, 0.05) is 48.1 Å². The van der Waals surface area contributed by atoms with Gasteiger partial charge in [-0.2, -0.15) is 0 Å². The Morgan fingerprint density at radius 3 is 2.64 bits per heavy atom. The Hall–Kier alpha value is -3.08. The zero-order valence-electron chi connectivity index (χ0n) is 16.0. The largest absolute Gasteiger partial charge is 0.382 e. The number of carbonyl (C=O) groups is 1. The van der Waals surface area contributed by atoms with Gasteiger partial charge in [-0.3, -0.25) is 9.78 Å². The van der Waals surface area contributed by atoms with E-state index in [9.17, 15) is 4.79 Å². The summed E-state index contributed by atoms with van der Waals surface area (Å²) in [5, 5.41) is 3.58. The van der Waals surface area contributed by atoms with Crippen LogP contribution in [0.5, 0.6) is 0 Å². The quantitative estimate of drug-likeness (QED) is 0.675. The molecule has 1 aliphatic rings. The normalized spacial score (nSPS) is 14.7. The van der Waals surface area contributed by atoms with Crippen molar-refractivity contribution in [2.24, 2.45) is 5.73 Å². The Morgan fingerprint density at radius 2 is 1.89 bits per heavy atom. The van der Waals surface area contributed by atoms with E-state index >= 15 is 0 Å². The van der Waals surface area contributed by atoms with Gasteiger partial charge in [-0.15, -0.1) is 0 Å². The first-order valence-electron chi connectivity index (χ1n) is 9.96. The van der Waals surface area contributed by atoms with Crippen LogP contribution in [0.25, 0.3) is 5.69 Å². The molecular formula is C23H26N4O. The molecule has 1 aromatic carbocycles. The molecule has 3 aromatic rings. The summed E-state index contributed by atoms with van der Waals surface area (Å²) >= 11 is 0. The number of nitrogens with two attached hydrogens (primary N) is 1. The third kappa shape index (κ3) is 4.09. The SMILES string of the molecule is NC(=O)c1ccc(-n2cccc2Cc2ccncc2)cc1NC1CCCCC1. The molecule has 1 fully saturated rings. The maximum absolute atomic E-state index is 11.9. The highest BCUT2D eigenvalue weighted by molar-refractivity contribution is 5.99. The van der Waals surface area contributed by atoms with Gasteiger partial charge >= 0.3 is 0 Å². The van der Waals surface area contributed by atoms with Crippen LogP contribution in [0, 0.1) is 0 Å². The van der Waals surface area contributed by atoms with Crippen LogP contribution in [-0.2, 0) is 6.42 Å². The van der Waals surface area contributed by atoms with E-state index in [-0.39, 0.29) is 0 Å². The average molecular weight is 374 g/mol. The fraction of sp³-hybridized carbons (Fsp3) is 0.304. The van der Waals surface area contributed by atoms with E-state index < -0.39 is 5.91 Å². The summed E-state index contributed by atoms with van der Waals surface area (Å²) in [5.41, 5.74) is 10.4. The van der Waals surface area contributed by atoms with Crippen molar-refractivity contribution in [3.05, 3.63) is 77.9 Å². The molecule has 28 heavy (non-hydrogen) atoms. The zero-order valence-corrected chi connectivity index (χ0v) is 16.0. The molecule has 0 saturated heterocycles. The fourth-order valence-electron chi connectivity index (χ4n) is 4.01. The van der Waals surface area contributed by atoms with E-state index in [4.69, 9.17) is 5.73 Å². The van der Waals surface area contributed by atoms with Gasteiger partial charge in [0.05, 0.1) is 5.56 Å². The minimum absolute atomic E-state index is 0.394. The summed E-state index contributed by atoms with van der Waals surface area (Å²) in [4.78, 5) is 16.0. The molecule has 0 spiro atoms. The first-order chi connectivity index (χ1) is 13.7. The minimum atomic E-state index is -0.394. The van der Waals surface area contributed by atoms with Crippen LogP contribution < -0.4 is 11.1 Å². The minimum Gasteiger partial charge on any atom is -0.382 e. The molecule has 5 heteroatoms. The van der Waals surface area contributed by atoms with Crippen LogP contribution >= 0.6 is 0 Å². The molecule has 1 saturated carbocycles. The molecule has 2 aromatic heterocycles. The molecule has 0 bridgehead atoms. The molecule has 0 atom stereocenters. The highest BCUT2D eigenvalue weighted by Crippen LogP contribution is 2.27. The second-order valence-electron chi connectivity index (χ2n) is 7.48. The second kappa shape index (κ2) is 8.30. The van der Waals surface area contributed by atoms with Crippen LogP contribution in [0.1, 0.15) is 53.7 Å². The average Bonchev–Trinajstić information content (AvgIpc) is 3.17. The van der Waals surface area contributed by atoms with Gasteiger partial charge in [-0.1, -0.05) is 19.3 Å². The topological polar surface area (TPSA) is 72.9 Å². The number of anilines is 1. The Balaban J connectivity index is 1.64. The van der Waals surface area contributed by atoms with Crippen LogP contribution in [-0.4, -0.2) is 21.5 Å². The van der Waals surface area contributed by atoms with E-state index in [0.717, 1.165) is 30.6 Å². The highest BCUT2D eigenvalue weighted by Gasteiger charge is 2.17. The van der Waals surface area contributed by atoms with Crippen LogP contribution in [0.4, 0.5) is 5.69 Å². The molecule has 1 amide bonds. The van der Waals surface area contributed by atoms with Crippen molar-refractivity contribution >= 4 is 11.6 Å². The molecule has 2 heterocycles. The van der Waals surface area contributed by atoms with Crippen molar-refractivity contribution in [2.45, 2.75) is 44.6 Å². The maximum Gasteiger partial charge on any atom is 0.250 e. The number of rotatable bonds is 6. The summed E-state index contributed by atoms with van der Waals surface area (Å²) in [6, 6.07) is 14.5. The Morgan fingerprint density at radius 1 is 1.11 bits per heavy atom. The molecule has 5 nitrogen and oxygen atoms in total. The number of nitrogens with one attached hydrogen (secondary N) is 1. The number of primary amides is 1. The number of aromatic nitrogens is 2. The van der Waals surface area contributed by atoms with E-state index in [1.54, 1.807) is 0 Å². The summed E-state index contributed by atoms with van der Waals surface area (Å²) < 4.78 is 2.16. The first-order valence-corrected chi connectivity index (χ1v) is 9.96. The maximum atomic E-state index is 11.9. The summed E-state index contributed by atoms with van der Waals surface area (Å²) in [5.74, 6) is -0.394. The molecule has 4 rings (SSSR count). The lowest BCUT2D eigenvalue weighted by molar-refractivity contribution is 0.100. The van der Waals surface area contributed by atoms with Crippen molar-refractivity contribution < 1.29 is 4.79 Å². The number of hydrogen-bond donors (Lipinski definition) is 2. The Kier molecular flexibility index (Phi) is 5.42. The monoisotopic (exact) mass is 374 g/mol. The molecule has 144 valence electrons. The van der Waals surface area contributed by atoms with E-state index in [1.807, 2.05) is 48.8 Å². The third-order valence-electron chi connectivity index (χ3n) is 5.48. The van der Waals surface area contributed by atoms with E-state index in [1.165, 1.54) is 30.5 Å². The van der Waals surface area contributed by atoms with Gasteiger partial charge in [0.15, 0.2) is 0 Å². The van der Waals surface area contributed by atoms with Gasteiger partial charge in [0.25, 0.3) is 5.91 Å². The molecule has 0 radical (unpaired) electrons. The Labute approximate surface area is 165 Å². The Bertz CT molecular complexity index is 942. The van der Waals surface area contributed by atoms with Crippen molar-refractivity contribution in [3.8, 4) is 5.69 Å². The number of nitrogens with zero attached hydrogens (tertiary/aromatic N) is 2. The lowest BCUT2D eigenvalue weighted by Crippen LogP contribution is -2.24. The van der Waals surface area contributed by atoms with Crippen LogP contribution in [0.3, 0.4) is 0 Å². The molecule has 0 aliphatic heterocycles. The van der Waals surface area contributed by atoms with Crippen molar-refractivity contribution in [1.29, 1.82) is 0 Å². The van der Waals surface area contributed by atoms with Crippen LogP contribution in [0.2, 0.25) is 0 Å². The molecule has 3 N–H and O–H groups in total. The predicted molar refractivity (Wildman–Crippen MR) is 112 cm³/mol. The van der Waals surface area contributed by atoms with Crippen molar-refractivity contribution in [2.75, 3.05) is 5.32 Å². The fourth-order valence-corrected chi connectivity index (χ4v) is 4.01.